The maximum Gasteiger partial charge on any atom is 0.234 e. The van der Waals surface area contributed by atoms with E-state index in [2.05, 4.69) is 20.4 Å². The van der Waals surface area contributed by atoms with Crippen molar-refractivity contribution >= 4 is 5.91 Å². The molecule has 3 heterocycles. The highest BCUT2D eigenvalue weighted by molar-refractivity contribution is 5.78. The second kappa shape index (κ2) is 7.19. The van der Waals surface area contributed by atoms with Gasteiger partial charge in [0.25, 0.3) is 0 Å². The summed E-state index contributed by atoms with van der Waals surface area (Å²) in [5, 5.41) is 7.17. The van der Waals surface area contributed by atoms with Crippen LogP contribution in [0.15, 0.2) is 4.52 Å². The molecule has 1 saturated carbocycles. The third-order valence-corrected chi connectivity index (χ3v) is 5.17. The van der Waals surface area contributed by atoms with Gasteiger partial charge in [0.2, 0.25) is 11.8 Å². The summed E-state index contributed by atoms with van der Waals surface area (Å²) in [5.41, 5.74) is 0. The molecule has 0 radical (unpaired) electrons. The summed E-state index contributed by atoms with van der Waals surface area (Å²) in [4.78, 5) is 18.9. The van der Waals surface area contributed by atoms with Crippen molar-refractivity contribution in [3.8, 4) is 0 Å². The SMILES string of the molecule is O=C(CN1CCCC(c2noc(C3CC3)n2)C1)NCC1CCCO1. The number of aromatic nitrogens is 2. The molecule has 2 atom stereocenters. The molecule has 0 bridgehead atoms. The first kappa shape index (κ1) is 16.0. The van der Waals surface area contributed by atoms with Gasteiger partial charge in [0.15, 0.2) is 5.82 Å². The number of amides is 1. The fraction of sp³-hybridized carbons (Fsp3) is 0.824. The van der Waals surface area contributed by atoms with E-state index < -0.39 is 0 Å². The summed E-state index contributed by atoms with van der Waals surface area (Å²) in [7, 11) is 0. The molecule has 1 aromatic heterocycles. The Morgan fingerprint density at radius 1 is 1.21 bits per heavy atom. The second-order valence-electron chi connectivity index (χ2n) is 7.28. The number of nitrogens with one attached hydrogen (secondary N) is 1. The summed E-state index contributed by atoms with van der Waals surface area (Å²) in [6.07, 6.45) is 6.82. The zero-order chi connectivity index (χ0) is 16.4. The number of carbonyl (C=O) groups excluding carboxylic acids is 1. The number of rotatable bonds is 6. The molecule has 1 N–H and O–H groups in total. The molecule has 24 heavy (non-hydrogen) atoms. The molecule has 1 aromatic rings. The maximum atomic E-state index is 12.2. The minimum absolute atomic E-state index is 0.0814. The molecule has 2 aliphatic heterocycles. The number of carbonyl (C=O) groups is 1. The molecule has 4 rings (SSSR count). The van der Waals surface area contributed by atoms with Gasteiger partial charge >= 0.3 is 0 Å². The highest BCUT2D eigenvalue weighted by atomic mass is 16.5. The molecule has 3 fully saturated rings. The molecule has 1 amide bonds. The molecular weight excluding hydrogens is 308 g/mol. The van der Waals surface area contributed by atoms with Crippen molar-refractivity contribution in [1.82, 2.24) is 20.4 Å². The Morgan fingerprint density at radius 2 is 2.12 bits per heavy atom. The number of hydrogen-bond acceptors (Lipinski definition) is 6. The third-order valence-electron chi connectivity index (χ3n) is 5.17. The Balaban J connectivity index is 1.25. The first-order chi connectivity index (χ1) is 11.8. The van der Waals surface area contributed by atoms with Gasteiger partial charge in [-0.15, -0.1) is 0 Å². The predicted octanol–water partition coefficient (Wildman–Crippen LogP) is 1.42. The smallest absolute Gasteiger partial charge is 0.234 e. The van der Waals surface area contributed by atoms with Crippen molar-refractivity contribution in [3.05, 3.63) is 11.7 Å². The van der Waals surface area contributed by atoms with E-state index in [1.54, 1.807) is 0 Å². The van der Waals surface area contributed by atoms with E-state index in [9.17, 15) is 4.79 Å². The van der Waals surface area contributed by atoms with Crippen LogP contribution in [-0.2, 0) is 9.53 Å². The number of ether oxygens (including phenoxy) is 1. The van der Waals surface area contributed by atoms with Crippen molar-refractivity contribution < 1.29 is 14.1 Å². The fourth-order valence-electron chi connectivity index (χ4n) is 3.61. The molecule has 0 aromatic carbocycles. The molecule has 3 aliphatic rings. The molecular formula is C17H26N4O3. The van der Waals surface area contributed by atoms with E-state index in [1.165, 1.54) is 12.8 Å². The normalized spacial score (nSPS) is 28.2. The number of nitrogens with zero attached hydrogens (tertiary/aromatic N) is 3. The second-order valence-corrected chi connectivity index (χ2v) is 7.28. The third kappa shape index (κ3) is 3.95. The largest absolute Gasteiger partial charge is 0.376 e. The standard InChI is InChI=1S/C17H26N4O3/c22-15(18-9-14-4-2-8-23-14)11-21-7-1-3-13(10-21)16-19-17(24-20-16)12-5-6-12/h12-14H,1-11H2,(H,18,22). The summed E-state index contributed by atoms with van der Waals surface area (Å²) in [6.45, 7) is 3.68. The first-order valence-corrected chi connectivity index (χ1v) is 9.22. The lowest BCUT2D eigenvalue weighted by Crippen LogP contribution is -2.43. The molecule has 2 saturated heterocycles. The Bertz CT molecular complexity index is 566. The Kier molecular flexibility index (Phi) is 4.80. The highest BCUT2D eigenvalue weighted by Crippen LogP contribution is 2.39. The van der Waals surface area contributed by atoms with Crippen LogP contribution < -0.4 is 5.32 Å². The van der Waals surface area contributed by atoms with E-state index in [-0.39, 0.29) is 17.9 Å². The zero-order valence-corrected chi connectivity index (χ0v) is 14.1. The van der Waals surface area contributed by atoms with Crippen molar-refractivity contribution in [2.24, 2.45) is 0 Å². The zero-order valence-electron chi connectivity index (χ0n) is 14.1. The number of piperidine rings is 1. The van der Waals surface area contributed by atoms with E-state index in [1.807, 2.05) is 0 Å². The van der Waals surface area contributed by atoms with Gasteiger partial charge in [0, 0.05) is 31.5 Å². The van der Waals surface area contributed by atoms with Crippen molar-refractivity contribution in [3.63, 3.8) is 0 Å². The van der Waals surface area contributed by atoms with Crippen LogP contribution in [0.1, 0.15) is 62.1 Å². The van der Waals surface area contributed by atoms with Gasteiger partial charge in [-0.2, -0.15) is 4.98 Å². The average Bonchev–Trinajstić information content (AvgIpc) is 3.12. The van der Waals surface area contributed by atoms with E-state index in [4.69, 9.17) is 9.26 Å². The van der Waals surface area contributed by atoms with Crippen molar-refractivity contribution in [2.45, 2.75) is 56.5 Å². The highest BCUT2D eigenvalue weighted by Gasteiger charge is 2.32. The maximum absolute atomic E-state index is 12.2. The minimum atomic E-state index is 0.0814. The first-order valence-electron chi connectivity index (χ1n) is 9.22. The topological polar surface area (TPSA) is 80.5 Å². The molecule has 132 valence electrons. The summed E-state index contributed by atoms with van der Waals surface area (Å²) >= 11 is 0. The van der Waals surface area contributed by atoms with Gasteiger partial charge in [-0.05, 0) is 45.1 Å². The van der Waals surface area contributed by atoms with Crippen LogP contribution in [0.4, 0.5) is 0 Å². The van der Waals surface area contributed by atoms with Crippen LogP contribution in [0.25, 0.3) is 0 Å². The van der Waals surface area contributed by atoms with Crippen LogP contribution >= 0.6 is 0 Å². The summed E-state index contributed by atoms with van der Waals surface area (Å²) in [6, 6.07) is 0. The van der Waals surface area contributed by atoms with Gasteiger partial charge < -0.3 is 14.6 Å². The monoisotopic (exact) mass is 334 g/mol. The Hall–Kier alpha value is -1.47. The number of likely N-dealkylation sites (tertiary alicyclic amines) is 1. The molecule has 7 heteroatoms. The molecule has 1 aliphatic carbocycles. The van der Waals surface area contributed by atoms with Gasteiger partial charge in [-0.1, -0.05) is 5.16 Å². The van der Waals surface area contributed by atoms with Gasteiger partial charge in [-0.25, -0.2) is 0 Å². The van der Waals surface area contributed by atoms with Crippen LogP contribution in [0.2, 0.25) is 0 Å². The van der Waals surface area contributed by atoms with Gasteiger partial charge in [-0.3, -0.25) is 9.69 Å². The van der Waals surface area contributed by atoms with Crippen molar-refractivity contribution in [2.75, 3.05) is 32.8 Å². The average molecular weight is 334 g/mol. The molecule has 7 nitrogen and oxygen atoms in total. The lowest BCUT2D eigenvalue weighted by Gasteiger charge is -2.30. The van der Waals surface area contributed by atoms with Crippen molar-refractivity contribution in [1.29, 1.82) is 0 Å². The fourth-order valence-corrected chi connectivity index (χ4v) is 3.61. The van der Waals surface area contributed by atoms with Crippen LogP contribution in [-0.4, -0.2) is 59.8 Å². The van der Waals surface area contributed by atoms with Crippen LogP contribution in [0, 0.1) is 0 Å². The lowest BCUT2D eigenvalue weighted by molar-refractivity contribution is -0.123. The predicted molar refractivity (Wildman–Crippen MR) is 86.7 cm³/mol. The quantitative estimate of drug-likeness (QED) is 0.847. The van der Waals surface area contributed by atoms with E-state index in [0.29, 0.717) is 19.0 Å². The molecule has 0 spiro atoms. The Morgan fingerprint density at radius 3 is 2.92 bits per heavy atom. The Labute approximate surface area is 142 Å². The van der Waals surface area contributed by atoms with E-state index in [0.717, 1.165) is 57.1 Å². The summed E-state index contributed by atoms with van der Waals surface area (Å²) in [5.74, 6) is 2.48. The minimum Gasteiger partial charge on any atom is -0.376 e. The van der Waals surface area contributed by atoms with Gasteiger partial charge in [0.1, 0.15) is 0 Å². The lowest BCUT2D eigenvalue weighted by atomic mass is 9.97. The van der Waals surface area contributed by atoms with Gasteiger partial charge in [0.05, 0.1) is 12.6 Å². The molecule has 2 unspecified atom stereocenters. The summed E-state index contributed by atoms with van der Waals surface area (Å²) < 4.78 is 10.9. The van der Waals surface area contributed by atoms with E-state index >= 15 is 0 Å². The van der Waals surface area contributed by atoms with Crippen LogP contribution in [0.3, 0.4) is 0 Å². The van der Waals surface area contributed by atoms with Crippen LogP contribution in [0.5, 0.6) is 0 Å². The number of hydrogen-bond donors (Lipinski definition) is 1.